The number of halogens is 2. The first-order valence-corrected chi connectivity index (χ1v) is 10.7. The number of benzene rings is 2. The van der Waals surface area contributed by atoms with E-state index >= 15 is 0 Å². The fourth-order valence-electron chi connectivity index (χ4n) is 3.97. The van der Waals surface area contributed by atoms with E-state index in [0.29, 0.717) is 37.7 Å². The molecule has 3 N–H and O–H groups in total. The average molecular weight is 447 g/mol. The SMILES string of the molecule is O=C(CN1CCC(NCC(O)C2COc3ccccc3O2)CC1)Nc1cc(F)cc(F)c1. The smallest absolute Gasteiger partial charge is 0.238 e. The van der Waals surface area contributed by atoms with Crippen molar-refractivity contribution in [2.45, 2.75) is 31.1 Å². The Labute approximate surface area is 185 Å². The summed E-state index contributed by atoms with van der Waals surface area (Å²) in [7, 11) is 0. The van der Waals surface area contributed by atoms with Crippen LogP contribution in [-0.4, -0.2) is 66.9 Å². The van der Waals surface area contributed by atoms with E-state index in [1.54, 1.807) is 0 Å². The molecule has 0 saturated carbocycles. The van der Waals surface area contributed by atoms with Gasteiger partial charge in [-0.1, -0.05) is 12.1 Å². The molecular formula is C23H27F2N3O4. The number of rotatable bonds is 7. The number of hydrogen-bond acceptors (Lipinski definition) is 6. The van der Waals surface area contributed by atoms with Crippen LogP contribution in [0.3, 0.4) is 0 Å². The second-order valence-electron chi connectivity index (χ2n) is 8.15. The zero-order chi connectivity index (χ0) is 22.5. The van der Waals surface area contributed by atoms with Crippen molar-refractivity contribution in [3.8, 4) is 11.5 Å². The van der Waals surface area contributed by atoms with Crippen molar-refractivity contribution in [2.24, 2.45) is 0 Å². The second-order valence-corrected chi connectivity index (χ2v) is 8.15. The van der Waals surface area contributed by atoms with Crippen molar-refractivity contribution in [1.29, 1.82) is 0 Å². The monoisotopic (exact) mass is 447 g/mol. The quantitative estimate of drug-likeness (QED) is 0.604. The van der Waals surface area contributed by atoms with Crippen LogP contribution < -0.4 is 20.1 Å². The summed E-state index contributed by atoms with van der Waals surface area (Å²) in [5, 5.41) is 16.4. The van der Waals surface area contributed by atoms with Crippen LogP contribution in [0.15, 0.2) is 42.5 Å². The number of aliphatic hydroxyl groups excluding tert-OH is 1. The summed E-state index contributed by atoms with van der Waals surface area (Å²) < 4.78 is 38.0. The number of amides is 1. The third-order valence-electron chi connectivity index (χ3n) is 5.68. The highest BCUT2D eigenvalue weighted by atomic mass is 19.1. The van der Waals surface area contributed by atoms with Gasteiger partial charge in [0.05, 0.1) is 6.54 Å². The molecule has 2 unspecified atom stereocenters. The summed E-state index contributed by atoms with van der Waals surface area (Å²) in [6, 6.07) is 10.5. The molecule has 2 aromatic rings. The predicted octanol–water partition coefficient (Wildman–Crippen LogP) is 2.16. The number of carbonyl (C=O) groups excluding carboxylic acids is 1. The Balaban J connectivity index is 1.16. The van der Waals surface area contributed by atoms with Crippen LogP contribution in [0.2, 0.25) is 0 Å². The summed E-state index contributed by atoms with van der Waals surface area (Å²) in [5.74, 6) is -0.461. The molecule has 0 radical (unpaired) electrons. The molecular weight excluding hydrogens is 420 g/mol. The molecule has 2 aliphatic heterocycles. The lowest BCUT2D eigenvalue weighted by Crippen LogP contribution is -2.50. The Morgan fingerprint density at radius 3 is 2.53 bits per heavy atom. The number of aliphatic hydroxyl groups is 1. The largest absolute Gasteiger partial charge is 0.486 e. The van der Waals surface area contributed by atoms with Crippen molar-refractivity contribution >= 4 is 11.6 Å². The zero-order valence-electron chi connectivity index (χ0n) is 17.6. The third kappa shape index (κ3) is 5.93. The second kappa shape index (κ2) is 10.2. The number of hydrogen-bond donors (Lipinski definition) is 3. The molecule has 2 atom stereocenters. The lowest BCUT2D eigenvalue weighted by Gasteiger charge is -2.34. The Bertz CT molecular complexity index is 917. The van der Waals surface area contributed by atoms with Gasteiger partial charge in [0.25, 0.3) is 0 Å². The van der Waals surface area contributed by atoms with Gasteiger partial charge >= 0.3 is 0 Å². The fraction of sp³-hybridized carbons (Fsp3) is 0.435. The minimum Gasteiger partial charge on any atom is -0.486 e. The number of piperidine rings is 1. The topological polar surface area (TPSA) is 83.1 Å². The van der Waals surface area contributed by atoms with Gasteiger partial charge in [0.1, 0.15) is 24.3 Å². The lowest BCUT2D eigenvalue weighted by atomic mass is 10.0. The molecule has 4 rings (SSSR count). The van der Waals surface area contributed by atoms with E-state index in [2.05, 4.69) is 10.6 Å². The third-order valence-corrected chi connectivity index (χ3v) is 5.68. The van der Waals surface area contributed by atoms with Crippen LogP contribution in [0.4, 0.5) is 14.5 Å². The number of carbonyl (C=O) groups is 1. The number of likely N-dealkylation sites (tertiary alicyclic amines) is 1. The number of ether oxygens (including phenoxy) is 2. The summed E-state index contributed by atoms with van der Waals surface area (Å²) in [4.78, 5) is 14.2. The molecule has 1 saturated heterocycles. The maximum Gasteiger partial charge on any atom is 0.238 e. The predicted molar refractivity (Wildman–Crippen MR) is 115 cm³/mol. The van der Waals surface area contributed by atoms with Gasteiger partial charge < -0.3 is 25.2 Å². The zero-order valence-corrected chi connectivity index (χ0v) is 17.6. The molecule has 2 aromatic carbocycles. The van der Waals surface area contributed by atoms with E-state index in [4.69, 9.17) is 9.47 Å². The van der Waals surface area contributed by atoms with Crippen LogP contribution in [-0.2, 0) is 4.79 Å². The maximum absolute atomic E-state index is 13.3. The van der Waals surface area contributed by atoms with Gasteiger partial charge in [-0.05, 0) is 37.1 Å². The van der Waals surface area contributed by atoms with Gasteiger partial charge in [-0.2, -0.15) is 0 Å². The van der Waals surface area contributed by atoms with Crippen molar-refractivity contribution in [2.75, 3.05) is 38.1 Å². The number of nitrogens with one attached hydrogen (secondary N) is 2. The first kappa shape index (κ1) is 22.4. The van der Waals surface area contributed by atoms with Crippen LogP contribution in [0.5, 0.6) is 11.5 Å². The van der Waals surface area contributed by atoms with E-state index in [1.807, 2.05) is 29.2 Å². The molecule has 2 heterocycles. The van der Waals surface area contributed by atoms with Crippen LogP contribution in [0.25, 0.3) is 0 Å². The van der Waals surface area contributed by atoms with Gasteiger partial charge in [0.2, 0.25) is 5.91 Å². The molecule has 2 aliphatic rings. The van der Waals surface area contributed by atoms with Crippen molar-refractivity contribution in [3.05, 3.63) is 54.1 Å². The first-order valence-electron chi connectivity index (χ1n) is 10.7. The summed E-state index contributed by atoms with van der Waals surface area (Å²) in [6.45, 7) is 2.24. The number of para-hydroxylation sites is 2. The van der Waals surface area contributed by atoms with Gasteiger partial charge in [0.15, 0.2) is 17.6 Å². The van der Waals surface area contributed by atoms with E-state index < -0.39 is 23.8 Å². The van der Waals surface area contributed by atoms with E-state index in [0.717, 1.165) is 31.0 Å². The molecule has 0 aromatic heterocycles. The Kier molecular flexibility index (Phi) is 7.19. The molecule has 0 aliphatic carbocycles. The van der Waals surface area contributed by atoms with Crippen molar-refractivity contribution in [3.63, 3.8) is 0 Å². The highest BCUT2D eigenvalue weighted by Crippen LogP contribution is 2.31. The molecule has 1 amide bonds. The highest BCUT2D eigenvalue weighted by Gasteiger charge is 2.28. The molecule has 172 valence electrons. The number of fused-ring (bicyclic) bond motifs is 1. The molecule has 0 bridgehead atoms. The summed E-state index contributed by atoms with van der Waals surface area (Å²) in [5.41, 5.74) is 0.106. The first-order chi connectivity index (χ1) is 15.5. The lowest BCUT2D eigenvalue weighted by molar-refractivity contribution is -0.117. The maximum atomic E-state index is 13.3. The average Bonchev–Trinajstić information content (AvgIpc) is 2.77. The van der Waals surface area contributed by atoms with Crippen LogP contribution in [0.1, 0.15) is 12.8 Å². The van der Waals surface area contributed by atoms with E-state index in [-0.39, 0.29) is 24.2 Å². The highest BCUT2D eigenvalue weighted by molar-refractivity contribution is 5.92. The normalized spacial score (nSPS) is 20.0. The Morgan fingerprint density at radius 1 is 1.12 bits per heavy atom. The molecule has 7 nitrogen and oxygen atoms in total. The van der Waals surface area contributed by atoms with Crippen LogP contribution in [0, 0.1) is 11.6 Å². The van der Waals surface area contributed by atoms with E-state index in [9.17, 15) is 18.7 Å². The number of nitrogens with zero attached hydrogens (tertiary/aromatic N) is 1. The fourth-order valence-corrected chi connectivity index (χ4v) is 3.97. The van der Waals surface area contributed by atoms with Crippen molar-refractivity contribution < 1.29 is 28.2 Å². The molecule has 1 fully saturated rings. The van der Waals surface area contributed by atoms with Gasteiger partial charge in [-0.3, -0.25) is 9.69 Å². The molecule has 9 heteroatoms. The Hall–Kier alpha value is -2.75. The minimum atomic E-state index is -0.733. The minimum absolute atomic E-state index is 0.106. The van der Waals surface area contributed by atoms with Gasteiger partial charge in [-0.25, -0.2) is 8.78 Å². The summed E-state index contributed by atoms with van der Waals surface area (Å²) in [6.07, 6.45) is 0.492. The van der Waals surface area contributed by atoms with Gasteiger partial charge in [0, 0.05) is 37.4 Å². The molecule has 32 heavy (non-hydrogen) atoms. The van der Waals surface area contributed by atoms with Gasteiger partial charge in [-0.15, -0.1) is 0 Å². The van der Waals surface area contributed by atoms with Crippen molar-refractivity contribution in [1.82, 2.24) is 10.2 Å². The summed E-state index contributed by atoms with van der Waals surface area (Å²) >= 11 is 0. The standard InChI is InChI=1S/C23H27F2N3O4/c24-15-9-16(25)11-18(10-15)27-23(30)13-28-7-5-17(6-8-28)26-12-19(29)22-14-31-20-3-1-2-4-21(20)32-22/h1-4,9-11,17,19,22,26,29H,5-8,12-14H2,(H,27,30). The number of anilines is 1. The van der Waals surface area contributed by atoms with E-state index in [1.165, 1.54) is 0 Å². The Morgan fingerprint density at radius 2 is 1.81 bits per heavy atom. The molecule has 0 spiro atoms. The van der Waals surface area contributed by atoms with Crippen LogP contribution >= 0.6 is 0 Å².